The van der Waals surface area contributed by atoms with Gasteiger partial charge in [-0.2, -0.15) is 0 Å². The summed E-state index contributed by atoms with van der Waals surface area (Å²) in [7, 11) is 3.12. The van der Waals surface area contributed by atoms with Gasteiger partial charge in [0.25, 0.3) is 5.91 Å². The van der Waals surface area contributed by atoms with Crippen LogP contribution >= 0.6 is 0 Å². The van der Waals surface area contributed by atoms with E-state index in [0.717, 1.165) is 16.9 Å². The lowest BCUT2D eigenvalue weighted by atomic mass is 9.98. The molecule has 1 saturated heterocycles. The minimum Gasteiger partial charge on any atom is -0.497 e. The molecule has 35 heavy (non-hydrogen) atoms. The van der Waals surface area contributed by atoms with E-state index in [1.165, 1.54) is 7.11 Å². The number of nitrogens with zero attached hydrogens (tertiary/aromatic N) is 1. The first-order valence-electron chi connectivity index (χ1n) is 11.2. The van der Waals surface area contributed by atoms with Gasteiger partial charge in [0.05, 0.1) is 32.4 Å². The highest BCUT2D eigenvalue weighted by molar-refractivity contribution is 6.06. The molecule has 1 aliphatic heterocycles. The third-order valence-corrected chi connectivity index (χ3v) is 6.00. The molecular formula is C27H28N2O6. The van der Waals surface area contributed by atoms with E-state index in [0.29, 0.717) is 23.5 Å². The van der Waals surface area contributed by atoms with Crippen LogP contribution in [0.1, 0.15) is 27.6 Å². The Labute approximate surface area is 204 Å². The van der Waals surface area contributed by atoms with E-state index in [2.05, 4.69) is 5.32 Å². The largest absolute Gasteiger partial charge is 0.497 e. The molecule has 3 aromatic rings. The second-order valence-electron chi connectivity index (χ2n) is 8.13. The number of rotatable bonds is 8. The van der Waals surface area contributed by atoms with Gasteiger partial charge in [-0.25, -0.2) is 0 Å². The SMILES string of the molecule is COc1ccc(CN2C(=O)COC(c3ccc(NC(=O)c4ccccc4OC)cc3)C2CO)cc1. The lowest BCUT2D eigenvalue weighted by Crippen LogP contribution is -2.52. The van der Waals surface area contributed by atoms with Gasteiger partial charge in [-0.05, 0) is 47.5 Å². The van der Waals surface area contributed by atoms with Crippen LogP contribution in [0.15, 0.2) is 72.8 Å². The van der Waals surface area contributed by atoms with Gasteiger partial charge in [-0.1, -0.05) is 36.4 Å². The Kier molecular flexibility index (Phi) is 7.64. The number of ether oxygens (including phenoxy) is 3. The van der Waals surface area contributed by atoms with Crippen LogP contribution in [-0.4, -0.2) is 55.3 Å². The number of carbonyl (C=O) groups is 2. The highest BCUT2D eigenvalue weighted by Gasteiger charge is 2.37. The van der Waals surface area contributed by atoms with Crippen molar-refractivity contribution >= 4 is 17.5 Å². The Bertz CT molecular complexity index is 1160. The molecule has 8 heteroatoms. The predicted molar refractivity (Wildman–Crippen MR) is 130 cm³/mol. The first kappa shape index (κ1) is 24.3. The maximum absolute atomic E-state index is 12.7. The summed E-state index contributed by atoms with van der Waals surface area (Å²) in [6.07, 6.45) is -0.505. The maximum atomic E-state index is 12.7. The number of para-hydroxylation sites is 1. The lowest BCUT2D eigenvalue weighted by molar-refractivity contribution is -0.162. The van der Waals surface area contributed by atoms with Crippen molar-refractivity contribution in [2.75, 3.05) is 32.8 Å². The summed E-state index contributed by atoms with van der Waals surface area (Å²) in [5, 5.41) is 13.0. The number of morpholine rings is 1. The number of benzene rings is 3. The summed E-state index contributed by atoms with van der Waals surface area (Å²) in [6, 6.07) is 21.1. The molecule has 0 radical (unpaired) electrons. The van der Waals surface area contributed by atoms with Crippen LogP contribution < -0.4 is 14.8 Å². The van der Waals surface area contributed by atoms with Crippen LogP contribution in [0.4, 0.5) is 5.69 Å². The molecule has 2 unspecified atom stereocenters. The Morgan fingerprint density at radius 1 is 1.03 bits per heavy atom. The fourth-order valence-corrected chi connectivity index (χ4v) is 4.14. The van der Waals surface area contributed by atoms with Crippen molar-refractivity contribution in [3.63, 3.8) is 0 Å². The van der Waals surface area contributed by atoms with Crippen LogP contribution in [0.3, 0.4) is 0 Å². The molecule has 0 bridgehead atoms. The van der Waals surface area contributed by atoms with E-state index < -0.39 is 12.1 Å². The van der Waals surface area contributed by atoms with Crippen molar-refractivity contribution in [1.82, 2.24) is 4.90 Å². The summed E-state index contributed by atoms with van der Waals surface area (Å²) in [5.74, 6) is 0.756. The van der Waals surface area contributed by atoms with E-state index in [4.69, 9.17) is 14.2 Å². The number of nitrogens with one attached hydrogen (secondary N) is 1. The zero-order chi connectivity index (χ0) is 24.8. The number of hydrogen-bond acceptors (Lipinski definition) is 6. The molecule has 8 nitrogen and oxygen atoms in total. The number of aliphatic hydroxyl groups is 1. The molecule has 1 heterocycles. The maximum Gasteiger partial charge on any atom is 0.259 e. The third-order valence-electron chi connectivity index (χ3n) is 6.00. The standard InChI is InChI=1S/C27H28N2O6/c1-33-21-13-7-18(8-14-21)15-29-23(16-30)26(35-17-25(29)31)19-9-11-20(12-10-19)28-27(32)22-5-3-4-6-24(22)34-2/h3-14,23,26,30H,15-17H2,1-2H3,(H,28,32). The van der Waals surface area contributed by atoms with E-state index in [9.17, 15) is 14.7 Å². The summed E-state index contributed by atoms with van der Waals surface area (Å²) in [5.41, 5.74) is 2.76. The van der Waals surface area contributed by atoms with E-state index >= 15 is 0 Å². The molecule has 2 amide bonds. The van der Waals surface area contributed by atoms with Crippen molar-refractivity contribution in [3.05, 3.63) is 89.5 Å². The van der Waals surface area contributed by atoms with Crippen LogP contribution in [0.5, 0.6) is 11.5 Å². The molecule has 2 atom stereocenters. The van der Waals surface area contributed by atoms with Gasteiger partial charge in [0, 0.05) is 12.2 Å². The number of hydrogen-bond donors (Lipinski definition) is 2. The van der Waals surface area contributed by atoms with Crippen molar-refractivity contribution in [2.24, 2.45) is 0 Å². The van der Waals surface area contributed by atoms with Gasteiger partial charge in [-0.15, -0.1) is 0 Å². The Morgan fingerprint density at radius 2 is 1.74 bits per heavy atom. The van der Waals surface area contributed by atoms with Gasteiger partial charge >= 0.3 is 0 Å². The van der Waals surface area contributed by atoms with Gasteiger partial charge in [-0.3, -0.25) is 9.59 Å². The summed E-state index contributed by atoms with van der Waals surface area (Å²) in [6.45, 7) is 0.0173. The Balaban J connectivity index is 1.48. The van der Waals surface area contributed by atoms with E-state index in [1.807, 2.05) is 36.4 Å². The average molecular weight is 477 g/mol. The van der Waals surface area contributed by atoms with Crippen LogP contribution in [-0.2, 0) is 16.1 Å². The summed E-state index contributed by atoms with van der Waals surface area (Å²) >= 11 is 0. The molecule has 2 N–H and O–H groups in total. The second-order valence-corrected chi connectivity index (χ2v) is 8.13. The molecule has 0 spiro atoms. The first-order chi connectivity index (χ1) is 17.0. The van der Waals surface area contributed by atoms with E-state index in [-0.39, 0.29) is 25.0 Å². The number of methoxy groups -OCH3 is 2. The van der Waals surface area contributed by atoms with Crippen molar-refractivity contribution in [2.45, 2.75) is 18.7 Å². The zero-order valence-electron chi connectivity index (χ0n) is 19.6. The van der Waals surface area contributed by atoms with Crippen LogP contribution in [0.2, 0.25) is 0 Å². The molecule has 0 saturated carbocycles. The normalized spacial score (nSPS) is 17.7. The lowest BCUT2D eigenvalue weighted by Gasteiger charge is -2.40. The average Bonchev–Trinajstić information content (AvgIpc) is 2.90. The quantitative estimate of drug-likeness (QED) is 0.517. The molecule has 1 aliphatic rings. The molecule has 0 aliphatic carbocycles. The number of anilines is 1. The Hall–Kier alpha value is -3.88. The fourth-order valence-electron chi connectivity index (χ4n) is 4.14. The summed E-state index contributed by atoms with van der Waals surface area (Å²) < 4.78 is 16.3. The topological polar surface area (TPSA) is 97.3 Å². The molecule has 3 aromatic carbocycles. The van der Waals surface area contributed by atoms with Gasteiger partial charge in [0.2, 0.25) is 5.91 Å². The number of aliphatic hydroxyl groups excluding tert-OH is 1. The third kappa shape index (κ3) is 5.45. The molecule has 1 fully saturated rings. The smallest absolute Gasteiger partial charge is 0.259 e. The minimum atomic E-state index is -0.549. The second kappa shape index (κ2) is 11.0. The number of amides is 2. The van der Waals surface area contributed by atoms with Gasteiger partial charge < -0.3 is 29.5 Å². The Morgan fingerprint density at radius 3 is 2.40 bits per heavy atom. The molecule has 4 rings (SSSR count). The molecule has 182 valence electrons. The van der Waals surface area contributed by atoms with Crippen molar-refractivity contribution < 1.29 is 28.9 Å². The zero-order valence-corrected chi connectivity index (χ0v) is 19.6. The minimum absolute atomic E-state index is 0.0798. The van der Waals surface area contributed by atoms with Gasteiger partial charge in [0.1, 0.15) is 24.2 Å². The van der Waals surface area contributed by atoms with Crippen LogP contribution in [0.25, 0.3) is 0 Å². The molecule has 0 aromatic heterocycles. The van der Waals surface area contributed by atoms with Crippen molar-refractivity contribution in [1.29, 1.82) is 0 Å². The predicted octanol–water partition coefficient (Wildman–Crippen LogP) is 3.42. The fraction of sp³-hybridized carbons (Fsp3) is 0.259. The summed E-state index contributed by atoms with van der Waals surface area (Å²) in [4.78, 5) is 27.0. The van der Waals surface area contributed by atoms with Crippen molar-refractivity contribution in [3.8, 4) is 11.5 Å². The molecular weight excluding hydrogens is 448 g/mol. The monoisotopic (exact) mass is 476 g/mol. The highest BCUT2D eigenvalue weighted by atomic mass is 16.5. The first-order valence-corrected chi connectivity index (χ1v) is 11.2. The van der Waals surface area contributed by atoms with E-state index in [1.54, 1.807) is 48.4 Å². The number of carbonyl (C=O) groups excluding carboxylic acids is 2. The van der Waals surface area contributed by atoms with Crippen LogP contribution in [0, 0.1) is 0 Å². The highest BCUT2D eigenvalue weighted by Crippen LogP contribution is 2.31. The van der Waals surface area contributed by atoms with Gasteiger partial charge in [0.15, 0.2) is 0 Å².